The van der Waals surface area contributed by atoms with Crippen LogP contribution in [0.4, 0.5) is 0 Å². The lowest BCUT2D eigenvalue weighted by Crippen LogP contribution is -2.25. The van der Waals surface area contributed by atoms with Crippen LogP contribution in [0, 0.1) is 0 Å². The van der Waals surface area contributed by atoms with Crippen molar-refractivity contribution in [3.05, 3.63) is 48.5 Å². The Morgan fingerprint density at radius 3 is 2.68 bits per heavy atom. The Morgan fingerprint density at radius 2 is 2.00 bits per heavy atom. The van der Waals surface area contributed by atoms with Gasteiger partial charge in [-0.2, -0.15) is 0 Å². The highest BCUT2D eigenvalue weighted by atomic mass is 16.2. The summed E-state index contributed by atoms with van der Waals surface area (Å²) >= 11 is 0. The average Bonchev–Trinajstić information content (AvgIpc) is 2.85. The van der Waals surface area contributed by atoms with Crippen molar-refractivity contribution in [2.24, 2.45) is 0 Å². The van der Waals surface area contributed by atoms with Crippen molar-refractivity contribution < 1.29 is 9.59 Å². The van der Waals surface area contributed by atoms with Gasteiger partial charge in [-0.3, -0.25) is 9.59 Å². The molecule has 0 saturated heterocycles. The summed E-state index contributed by atoms with van der Waals surface area (Å²) in [5.74, 6) is 0.294. The summed E-state index contributed by atoms with van der Waals surface area (Å²) in [5.41, 5.74) is 0.982. The van der Waals surface area contributed by atoms with Gasteiger partial charge in [-0.15, -0.1) is 0 Å². The van der Waals surface area contributed by atoms with Crippen LogP contribution in [0.3, 0.4) is 0 Å². The van der Waals surface area contributed by atoms with Crippen LogP contribution >= 0.6 is 0 Å². The van der Waals surface area contributed by atoms with Gasteiger partial charge < -0.3 is 9.88 Å². The van der Waals surface area contributed by atoms with E-state index in [0.717, 1.165) is 11.5 Å². The van der Waals surface area contributed by atoms with E-state index in [2.05, 4.69) is 10.3 Å². The summed E-state index contributed by atoms with van der Waals surface area (Å²) in [6.07, 6.45) is 3.42. The highest BCUT2D eigenvalue weighted by Gasteiger charge is 2.08. The fourth-order valence-electron chi connectivity index (χ4n) is 1.76. The number of hydrogen-bond donors (Lipinski definition) is 1. The van der Waals surface area contributed by atoms with Crippen LogP contribution in [-0.4, -0.2) is 21.2 Å². The zero-order chi connectivity index (χ0) is 13.7. The Morgan fingerprint density at radius 1 is 1.26 bits per heavy atom. The smallest absolute Gasteiger partial charge is 0.227 e. The molecule has 1 aromatic heterocycles. The largest absolute Gasteiger partial charge is 0.348 e. The van der Waals surface area contributed by atoms with E-state index in [4.69, 9.17) is 0 Å². The van der Waals surface area contributed by atoms with Crippen molar-refractivity contribution in [3.63, 3.8) is 0 Å². The van der Waals surface area contributed by atoms with Crippen molar-refractivity contribution in [2.75, 3.05) is 0 Å². The molecule has 1 amide bonds. The van der Waals surface area contributed by atoms with E-state index in [-0.39, 0.29) is 18.1 Å². The molecule has 5 nitrogen and oxygen atoms in total. The van der Waals surface area contributed by atoms with E-state index in [1.54, 1.807) is 6.20 Å². The second-order valence-corrected chi connectivity index (χ2v) is 4.20. The van der Waals surface area contributed by atoms with Crippen molar-refractivity contribution in [3.8, 4) is 5.69 Å². The Labute approximate surface area is 111 Å². The van der Waals surface area contributed by atoms with E-state index in [1.807, 2.05) is 41.1 Å². The molecule has 98 valence electrons. The molecule has 2 rings (SSSR count). The lowest BCUT2D eigenvalue weighted by molar-refractivity contribution is -0.127. The quantitative estimate of drug-likeness (QED) is 0.825. The average molecular weight is 257 g/mol. The monoisotopic (exact) mass is 257 g/mol. The number of imidazole rings is 1. The number of nitrogens with zero attached hydrogens (tertiary/aromatic N) is 2. The lowest BCUT2D eigenvalue weighted by atomic mass is 10.3. The summed E-state index contributed by atoms with van der Waals surface area (Å²) in [6, 6.07) is 9.74. The predicted octanol–water partition coefficient (Wildman–Crippen LogP) is 1.47. The van der Waals surface area contributed by atoms with E-state index in [9.17, 15) is 9.59 Å². The van der Waals surface area contributed by atoms with Crippen LogP contribution in [0.2, 0.25) is 0 Å². The molecular formula is C14H15N3O2. The molecular weight excluding hydrogens is 242 g/mol. The molecule has 19 heavy (non-hydrogen) atoms. The molecule has 1 aromatic carbocycles. The number of carbonyl (C=O) groups is 2. The minimum atomic E-state index is -0.282. The van der Waals surface area contributed by atoms with Crippen molar-refractivity contribution in [1.82, 2.24) is 14.9 Å². The topological polar surface area (TPSA) is 64.0 Å². The van der Waals surface area contributed by atoms with Gasteiger partial charge in [0, 0.05) is 18.1 Å². The maximum atomic E-state index is 11.4. The van der Waals surface area contributed by atoms with Gasteiger partial charge in [0.15, 0.2) is 0 Å². The third-order valence-corrected chi connectivity index (χ3v) is 2.60. The second kappa shape index (κ2) is 5.95. The number of hydrogen-bond acceptors (Lipinski definition) is 3. The molecule has 1 N–H and O–H groups in total. The minimum absolute atomic E-state index is 0.0912. The van der Waals surface area contributed by atoms with Gasteiger partial charge in [0.05, 0.1) is 13.0 Å². The standard InChI is InChI=1S/C14H15N3O2/c1-11(18)9-14(19)16-10-13-15-7-8-17(13)12-5-3-2-4-6-12/h2-8H,9-10H2,1H3,(H,16,19). The van der Waals surface area contributed by atoms with Gasteiger partial charge in [-0.25, -0.2) is 4.98 Å². The zero-order valence-electron chi connectivity index (χ0n) is 10.7. The molecule has 0 atom stereocenters. The molecule has 0 aliphatic heterocycles. The van der Waals surface area contributed by atoms with Gasteiger partial charge >= 0.3 is 0 Å². The first kappa shape index (κ1) is 13.0. The van der Waals surface area contributed by atoms with Crippen LogP contribution in [0.1, 0.15) is 19.2 Å². The first-order chi connectivity index (χ1) is 9.16. The summed E-state index contributed by atoms with van der Waals surface area (Å²) in [4.78, 5) is 26.5. The molecule has 0 unspecified atom stereocenters. The molecule has 0 fully saturated rings. The predicted molar refractivity (Wildman–Crippen MR) is 70.7 cm³/mol. The van der Waals surface area contributed by atoms with E-state index >= 15 is 0 Å². The molecule has 0 radical (unpaired) electrons. The molecule has 5 heteroatoms. The summed E-state index contributed by atoms with van der Waals surface area (Å²) in [7, 11) is 0. The molecule has 1 heterocycles. The molecule has 2 aromatic rings. The molecule has 0 aliphatic rings. The molecule has 0 aliphatic carbocycles. The number of aromatic nitrogens is 2. The number of Topliss-reactive ketones (excluding diaryl/α,β-unsaturated/α-hetero) is 1. The summed E-state index contributed by atoms with van der Waals surface area (Å²) in [5, 5.41) is 2.68. The van der Waals surface area contributed by atoms with Gasteiger partial charge in [-0.1, -0.05) is 18.2 Å². The van der Waals surface area contributed by atoms with Gasteiger partial charge in [-0.05, 0) is 19.1 Å². The third-order valence-electron chi connectivity index (χ3n) is 2.60. The minimum Gasteiger partial charge on any atom is -0.348 e. The first-order valence-corrected chi connectivity index (χ1v) is 6.00. The maximum absolute atomic E-state index is 11.4. The summed E-state index contributed by atoms with van der Waals surface area (Å²) in [6.45, 7) is 1.69. The van der Waals surface area contributed by atoms with Crippen molar-refractivity contribution >= 4 is 11.7 Å². The van der Waals surface area contributed by atoms with E-state index in [0.29, 0.717) is 6.54 Å². The molecule has 0 spiro atoms. The lowest BCUT2D eigenvalue weighted by Gasteiger charge is -2.08. The molecule has 0 saturated carbocycles. The van der Waals surface area contributed by atoms with Gasteiger partial charge in [0.1, 0.15) is 11.6 Å². The highest BCUT2D eigenvalue weighted by Crippen LogP contribution is 2.09. The number of benzene rings is 1. The zero-order valence-corrected chi connectivity index (χ0v) is 10.7. The van der Waals surface area contributed by atoms with E-state index < -0.39 is 0 Å². The fourth-order valence-corrected chi connectivity index (χ4v) is 1.76. The number of nitrogens with one attached hydrogen (secondary N) is 1. The summed E-state index contributed by atoms with van der Waals surface area (Å²) < 4.78 is 1.90. The third kappa shape index (κ3) is 3.51. The van der Waals surface area contributed by atoms with Crippen LogP contribution in [0.15, 0.2) is 42.7 Å². The number of para-hydroxylation sites is 1. The Balaban J connectivity index is 2.05. The van der Waals surface area contributed by atoms with Crippen LogP contribution in [0.5, 0.6) is 0 Å². The Hall–Kier alpha value is -2.43. The maximum Gasteiger partial charge on any atom is 0.227 e. The van der Waals surface area contributed by atoms with Crippen LogP contribution in [0.25, 0.3) is 5.69 Å². The van der Waals surface area contributed by atoms with Crippen LogP contribution < -0.4 is 5.32 Å². The molecule has 0 bridgehead atoms. The van der Waals surface area contributed by atoms with Crippen molar-refractivity contribution in [2.45, 2.75) is 19.9 Å². The number of amides is 1. The second-order valence-electron chi connectivity index (χ2n) is 4.20. The normalized spacial score (nSPS) is 10.2. The fraction of sp³-hybridized carbons (Fsp3) is 0.214. The van der Waals surface area contributed by atoms with Crippen molar-refractivity contribution in [1.29, 1.82) is 0 Å². The SMILES string of the molecule is CC(=O)CC(=O)NCc1nccn1-c1ccccc1. The van der Waals surface area contributed by atoms with E-state index in [1.165, 1.54) is 6.92 Å². The number of rotatable bonds is 5. The Kier molecular flexibility index (Phi) is 4.07. The van der Waals surface area contributed by atoms with Crippen LogP contribution in [-0.2, 0) is 16.1 Å². The van der Waals surface area contributed by atoms with Gasteiger partial charge in [0.25, 0.3) is 0 Å². The first-order valence-electron chi connectivity index (χ1n) is 6.00. The number of ketones is 1. The Bertz CT molecular complexity index is 575. The number of carbonyl (C=O) groups excluding carboxylic acids is 2. The van der Waals surface area contributed by atoms with Gasteiger partial charge in [0.2, 0.25) is 5.91 Å². The highest BCUT2D eigenvalue weighted by molar-refractivity contribution is 5.96.